The molecule has 0 aliphatic carbocycles. The van der Waals surface area contributed by atoms with Crippen molar-refractivity contribution in [2.45, 2.75) is 27.7 Å². The Morgan fingerprint density at radius 3 is 1.00 bits per heavy atom. The molecule has 0 N–H and O–H groups in total. The number of rotatable bonds is 1. The molecule has 0 bridgehead atoms. The third-order valence-corrected chi connectivity index (χ3v) is 1.33. The minimum Gasteiger partial charge on any atom is -0.769 e. The first-order valence-corrected chi connectivity index (χ1v) is 3.11. The molecule has 0 saturated heterocycles. The first-order valence-electron chi connectivity index (χ1n) is 2.80. The van der Waals surface area contributed by atoms with Crippen molar-refractivity contribution in [3.8, 4) is 0 Å². The molecule has 0 spiro atoms. The standard InChI is InChI=1S/C6H14.ClO/c1-5(2)6(3)4;1-2/h5-6H,1-4H3;/q;-1. The fourth-order valence-corrected chi connectivity index (χ4v) is 0. The van der Waals surface area contributed by atoms with E-state index in [-0.39, 0.29) is 0 Å². The summed E-state index contributed by atoms with van der Waals surface area (Å²) in [5.41, 5.74) is 0. The molecule has 52 valence electrons. The molecule has 1 nitrogen and oxygen atoms in total. The van der Waals surface area contributed by atoms with E-state index in [1.54, 1.807) is 0 Å². The predicted molar refractivity (Wildman–Crippen MR) is 35.5 cm³/mol. The highest BCUT2D eigenvalue weighted by Crippen LogP contribution is 2.05. The van der Waals surface area contributed by atoms with E-state index < -0.39 is 0 Å². The fourth-order valence-electron chi connectivity index (χ4n) is 0. The summed E-state index contributed by atoms with van der Waals surface area (Å²) in [5.74, 6) is 1.70. The Kier molecular flexibility index (Phi) is 10.1. The molecule has 0 unspecified atom stereocenters. The van der Waals surface area contributed by atoms with Crippen LogP contribution in [0.15, 0.2) is 0 Å². The maximum absolute atomic E-state index is 7.72. The van der Waals surface area contributed by atoms with Crippen molar-refractivity contribution < 1.29 is 4.66 Å². The molecule has 0 rings (SSSR count). The maximum atomic E-state index is 7.72. The van der Waals surface area contributed by atoms with E-state index in [1.165, 1.54) is 0 Å². The van der Waals surface area contributed by atoms with Gasteiger partial charge in [-0.15, -0.1) is 0 Å². The zero-order valence-electron chi connectivity index (χ0n) is 5.94. The topological polar surface area (TPSA) is 23.1 Å². The van der Waals surface area contributed by atoms with Crippen molar-refractivity contribution in [1.29, 1.82) is 0 Å². The van der Waals surface area contributed by atoms with Crippen LogP contribution in [0.4, 0.5) is 0 Å². The van der Waals surface area contributed by atoms with Gasteiger partial charge in [-0.25, -0.2) is 11.9 Å². The van der Waals surface area contributed by atoms with Crippen molar-refractivity contribution >= 4 is 11.9 Å². The second-order valence-electron chi connectivity index (χ2n) is 2.49. The molecule has 0 heterocycles. The second-order valence-corrected chi connectivity index (χ2v) is 2.49. The molecule has 0 radical (unpaired) electrons. The van der Waals surface area contributed by atoms with Crippen molar-refractivity contribution in [1.82, 2.24) is 0 Å². The molecular formula is C6H14ClO-. The van der Waals surface area contributed by atoms with E-state index >= 15 is 0 Å². The van der Waals surface area contributed by atoms with Gasteiger partial charge >= 0.3 is 0 Å². The Morgan fingerprint density at radius 2 is 1.00 bits per heavy atom. The van der Waals surface area contributed by atoms with Crippen molar-refractivity contribution in [2.75, 3.05) is 0 Å². The summed E-state index contributed by atoms with van der Waals surface area (Å²) < 4.78 is 7.72. The summed E-state index contributed by atoms with van der Waals surface area (Å²) in [6, 6.07) is 0. The molecule has 0 amide bonds. The van der Waals surface area contributed by atoms with Gasteiger partial charge in [-0.05, 0) is 11.8 Å². The van der Waals surface area contributed by atoms with Crippen molar-refractivity contribution in [2.24, 2.45) is 11.8 Å². The summed E-state index contributed by atoms with van der Waals surface area (Å²) in [5, 5.41) is 0. The third-order valence-electron chi connectivity index (χ3n) is 1.33. The van der Waals surface area contributed by atoms with Crippen LogP contribution in [0.3, 0.4) is 0 Å². The van der Waals surface area contributed by atoms with Crippen LogP contribution < -0.4 is 4.66 Å². The van der Waals surface area contributed by atoms with Gasteiger partial charge in [0, 0.05) is 0 Å². The molecule has 0 aliphatic heterocycles. The quantitative estimate of drug-likeness (QED) is 0.541. The average molecular weight is 138 g/mol. The summed E-state index contributed by atoms with van der Waals surface area (Å²) in [7, 11) is 0. The zero-order chi connectivity index (χ0) is 7.15. The van der Waals surface area contributed by atoms with Crippen LogP contribution in [-0.4, -0.2) is 0 Å². The van der Waals surface area contributed by atoms with Crippen molar-refractivity contribution in [3.05, 3.63) is 0 Å². The molecule has 2 heteroatoms. The fraction of sp³-hybridized carbons (Fsp3) is 1.00. The highest BCUT2D eigenvalue weighted by Gasteiger charge is 1.95. The van der Waals surface area contributed by atoms with Gasteiger partial charge in [0.2, 0.25) is 0 Å². The van der Waals surface area contributed by atoms with Crippen LogP contribution in [0.2, 0.25) is 0 Å². The van der Waals surface area contributed by atoms with Gasteiger partial charge < -0.3 is 4.66 Å². The van der Waals surface area contributed by atoms with E-state index in [1.807, 2.05) is 0 Å². The first-order chi connectivity index (χ1) is 3.64. The van der Waals surface area contributed by atoms with Gasteiger partial charge in [-0.3, -0.25) is 0 Å². The van der Waals surface area contributed by atoms with E-state index in [2.05, 4.69) is 39.6 Å². The van der Waals surface area contributed by atoms with Crippen LogP contribution in [-0.2, 0) is 0 Å². The molecule has 0 aromatic rings. The summed E-state index contributed by atoms with van der Waals surface area (Å²) in [4.78, 5) is 0. The Labute approximate surface area is 56.8 Å². The molecule has 0 atom stereocenters. The second kappa shape index (κ2) is 7.25. The molecule has 0 aromatic heterocycles. The third kappa shape index (κ3) is 9.54. The van der Waals surface area contributed by atoms with Gasteiger partial charge in [0.15, 0.2) is 0 Å². The van der Waals surface area contributed by atoms with E-state index in [9.17, 15) is 0 Å². The largest absolute Gasteiger partial charge is 0.769 e. The lowest BCUT2D eigenvalue weighted by atomic mass is 10.0. The predicted octanol–water partition coefficient (Wildman–Crippen LogP) is 1.80. The van der Waals surface area contributed by atoms with Gasteiger partial charge in [-0.1, -0.05) is 27.7 Å². The van der Waals surface area contributed by atoms with E-state index in [0.29, 0.717) is 0 Å². The monoisotopic (exact) mass is 137 g/mol. The van der Waals surface area contributed by atoms with E-state index in [0.717, 1.165) is 11.8 Å². The highest BCUT2D eigenvalue weighted by atomic mass is 35.5. The lowest BCUT2D eigenvalue weighted by Crippen LogP contribution is -1.95. The lowest BCUT2D eigenvalue weighted by Gasteiger charge is -2.05. The van der Waals surface area contributed by atoms with Gasteiger partial charge in [0.1, 0.15) is 0 Å². The SMILES string of the molecule is CC(C)C(C)C.[O-]Cl. The molecule has 0 aromatic carbocycles. The van der Waals surface area contributed by atoms with Crippen LogP contribution >= 0.6 is 11.9 Å². The molecule has 0 aliphatic rings. The first kappa shape index (κ1) is 11.1. The number of hydrogen-bond donors (Lipinski definition) is 0. The summed E-state index contributed by atoms with van der Waals surface area (Å²) in [6.07, 6.45) is 0. The maximum Gasteiger partial charge on any atom is -0.0448 e. The minimum atomic E-state index is 0.852. The normalized spacial score (nSPS) is 9.00. The van der Waals surface area contributed by atoms with Crippen LogP contribution in [0.5, 0.6) is 0 Å². The average Bonchev–Trinajstić information content (AvgIpc) is 1.72. The Bertz CT molecular complexity index is 29.5. The van der Waals surface area contributed by atoms with Gasteiger partial charge in [0.25, 0.3) is 0 Å². The Morgan fingerprint density at radius 1 is 0.875 bits per heavy atom. The Balaban J connectivity index is 0. The lowest BCUT2D eigenvalue weighted by molar-refractivity contribution is -0.166. The van der Waals surface area contributed by atoms with Gasteiger partial charge in [0.05, 0.1) is 0 Å². The van der Waals surface area contributed by atoms with Gasteiger partial charge in [-0.2, -0.15) is 0 Å². The van der Waals surface area contributed by atoms with E-state index in [4.69, 9.17) is 4.66 Å². The van der Waals surface area contributed by atoms with Crippen LogP contribution in [0.25, 0.3) is 0 Å². The highest BCUT2D eigenvalue weighted by molar-refractivity contribution is 6.02. The molecule has 0 fully saturated rings. The summed E-state index contributed by atoms with van der Waals surface area (Å²) in [6.45, 7) is 8.96. The summed E-state index contributed by atoms with van der Waals surface area (Å²) >= 11 is 3.39. The molecule has 8 heavy (non-hydrogen) atoms. The Hall–Kier alpha value is 0.250. The van der Waals surface area contributed by atoms with Crippen LogP contribution in [0, 0.1) is 11.8 Å². The number of hydrogen-bond acceptors (Lipinski definition) is 1. The van der Waals surface area contributed by atoms with Crippen LogP contribution in [0.1, 0.15) is 27.7 Å². The molecular weight excluding hydrogens is 124 g/mol. The minimum absolute atomic E-state index is 0.852. The van der Waals surface area contributed by atoms with Crippen molar-refractivity contribution in [3.63, 3.8) is 0 Å². The smallest absolute Gasteiger partial charge is 0.0448 e. The molecule has 0 saturated carbocycles. The zero-order valence-corrected chi connectivity index (χ0v) is 6.70. The number of halogens is 1.